The average Bonchev–Trinajstić information content (AvgIpc) is 3.01. The first-order valence-corrected chi connectivity index (χ1v) is 10.5. The topological polar surface area (TPSA) is 97.7 Å². The third-order valence-electron chi connectivity index (χ3n) is 4.55. The summed E-state index contributed by atoms with van der Waals surface area (Å²) in [7, 11) is -2.97. The monoisotopic (exact) mass is 381 g/mol. The highest BCUT2D eigenvalue weighted by Gasteiger charge is 2.28. The number of anilines is 1. The number of hydrogen-bond donors (Lipinski definition) is 1. The molecule has 1 atom stereocenters. The molecule has 0 spiro atoms. The third kappa shape index (κ3) is 3.95. The van der Waals surface area contributed by atoms with Gasteiger partial charge in [0.2, 0.25) is 5.95 Å². The SMILES string of the molecule is Cc1ccc(-c2nc(N[C@H]3CCS(=O)(=O)C3)ncc2-c2cncnc2)cc1. The summed E-state index contributed by atoms with van der Waals surface area (Å²) in [6, 6.07) is 7.91. The molecule has 27 heavy (non-hydrogen) atoms. The van der Waals surface area contributed by atoms with Crippen LogP contribution >= 0.6 is 0 Å². The Balaban J connectivity index is 1.73. The van der Waals surface area contributed by atoms with Gasteiger partial charge in [0.15, 0.2) is 9.84 Å². The Morgan fingerprint density at radius 1 is 1.04 bits per heavy atom. The predicted octanol–water partition coefficient (Wildman–Crippen LogP) is 2.51. The number of nitrogens with one attached hydrogen (secondary N) is 1. The second-order valence-electron chi connectivity index (χ2n) is 6.69. The van der Waals surface area contributed by atoms with Gasteiger partial charge in [-0.15, -0.1) is 0 Å². The normalized spacial score (nSPS) is 18.3. The van der Waals surface area contributed by atoms with E-state index in [0.29, 0.717) is 12.4 Å². The summed E-state index contributed by atoms with van der Waals surface area (Å²) >= 11 is 0. The van der Waals surface area contributed by atoms with Crippen LogP contribution in [0.5, 0.6) is 0 Å². The molecule has 1 N–H and O–H groups in total. The molecule has 0 unspecified atom stereocenters. The number of rotatable bonds is 4. The summed E-state index contributed by atoms with van der Waals surface area (Å²) < 4.78 is 23.4. The molecule has 0 amide bonds. The Morgan fingerprint density at radius 2 is 1.78 bits per heavy atom. The number of hydrogen-bond acceptors (Lipinski definition) is 7. The van der Waals surface area contributed by atoms with Crippen molar-refractivity contribution in [1.82, 2.24) is 19.9 Å². The zero-order chi connectivity index (χ0) is 18.9. The number of sulfone groups is 1. The molecule has 1 aliphatic rings. The first-order chi connectivity index (χ1) is 13.0. The number of aromatic nitrogens is 4. The van der Waals surface area contributed by atoms with Crippen LogP contribution in [-0.4, -0.2) is 45.9 Å². The van der Waals surface area contributed by atoms with Gasteiger partial charge < -0.3 is 5.32 Å². The Hall–Kier alpha value is -2.87. The maximum Gasteiger partial charge on any atom is 0.223 e. The van der Waals surface area contributed by atoms with Crippen molar-refractivity contribution in [3.63, 3.8) is 0 Å². The molecule has 1 fully saturated rings. The van der Waals surface area contributed by atoms with Gasteiger partial charge in [-0.05, 0) is 13.3 Å². The van der Waals surface area contributed by atoms with E-state index in [0.717, 1.165) is 27.9 Å². The summed E-state index contributed by atoms with van der Waals surface area (Å²) in [4.78, 5) is 17.3. The van der Waals surface area contributed by atoms with E-state index in [-0.39, 0.29) is 17.5 Å². The van der Waals surface area contributed by atoms with Gasteiger partial charge in [0.1, 0.15) is 6.33 Å². The molecule has 3 aromatic rings. The third-order valence-corrected chi connectivity index (χ3v) is 6.32. The summed E-state index contributed by atoms with van der Waals surface area (Å²) in [5.74, 6) is 0.743. The van der Waals surface area contributed by atoms with Crippen molar-refractivity contribution in [3.05, 3.63) is 54.7 Å². The van der Waals surface area contributed by atoms with E-state index in [1.54, 1.807) is 18.6 Å². The molecule has 0 saturated carbocycles. The summed E-state index contributed by atoms with van der Waals surface area (Å²) in [6.45, 7) is 2.03. The van der Waals surface area contributed by atoms with Crippen LogP contribution in [0.1, 0.15) is 12.0 Å². The molecule has 1 aromatic carbocycles. The molecule has 0 bridgehead atoms. The molecule has 2 aromatic heterocycles. The lowest BCUT2D eigenvalue weighted by Crippen LogP contribution is -2.22. The van der Waals surface area contributed by atoms with E-state index in [9.17, 15) is 8.42 Å². The highest BCUT2D eigenvalue weighted by molar-refractivity contribution is 7.91. The molecule has 4 rings (SSSR count). The van der Waals surface area contributed by atoms with Gasteiger partial charge in [0, 0.05) is 41.3 Å². The molecule has 3 heterocycles. The summed E-state index contributed by atoms with van der Waals surface area (Å²) in [5.41, 5.74) is 4.51. The quantitative estimate of drug-likeness (QED) is 0.741. The van der Waals surface area contributed by atoms with E-state index < -0.39 is 9.84 Å². The lowest BCUT2D eigenvalue weighted by molar-refractivity contribution is 0.602. The Morgan fingerprint density at radius 3 is 2.44 bits per heavy atom. The van der Waals surface area contributed by atoms with E-state index >= 15 is 0 Å². The van der Waals surface area contributed by atoms with Gasteiger partial charge in [0.25, 0.3) is 0 Å². The molecular weight excluding hydrogens is 362 g/mol. The van der Waals surface area contributed by atoms with Crippen molar-refractivity contribution in [2.75, 3.05) is 16.8 Å². The van der Waals surface area contributed by atoms with Crippen LogP contribution in [0.3, 0.4) is 0 Å². The number of aryl methyl sites for hydroxylation is 1. The van der Waals surface area contributed by atoms with Crippen molar-refractivity contribution in [2.24, 2.45) is 0 Å². The van der Waals surface area contributed by atoms with Gasteiger partial charge in [-0.25, -0.2) is 28.4 Å². The van der Waals surface area contributed by atoms with Crippen molar-refractivity contribution in [3.8, 4) is 22.4 Å². The fourth-order valence-electron chi connectivity index (χ4n) is 3.12. The van der Waals surface area contributed by atoms with Gasteiger partial charge in [-0.3, -0.25) is 0 Å². The van der Waals surface area contributed by atoms with Crippen LogP contribution in [0.15, 0.2) is 49.2 Å². The van der Waals surface area contributed by atoms with Crippen molar-refractivity contribution < 1.29 is 8.42 Å². The van der Waals surface area contributed by atoms with Crippen LogP contribution in [0.2, 0.25) is 0 Å². The molecule has 138 valence electrons. The highest BCUT2D eigenvalue weighted by atomic mass is 32.2. The maximum atomic E-state index is 11.7. The van der Waals surface area contributed by atoms with Crippen LogP contribution in [0, 0.1) is 6.92 Å². The van der Waals surface area contributed by atoms with Crippen molar-refractivity contribution >= 4 is 15.8 Å². The summed E-state index contributed by atoms with van der Waals surface area (Å²) in [5, 5.41) is 3.16. The lowest BCUT2D eigenvalue weighted by atomic mass is 10.0. The second-order valence-corrected chi connectivity index (χ2v) is 8.92. The highest BCUT2D eigenvalue weighted by Crippen LogP contribution is 2.30. The van der Waals surface area contributed by atoms with Gasteiger partial charge in [-0.1, -0.05) is 29.8 Å². The second kappa shape index (κ2) is 7.03. The van der Waals surface area contributed by atoms with Gasteiger partial charge >= 0.3 is 0 Å². The smallest absolute Gasteiger partial charge is 0.223 e. The zero-order valence-electron chi connectivity index (χ0n) is 14.8. The average molecular weight is 381 g/mol. The van der Waals surface area contributed by atoms with E-state index in [2.05, 4.69) is 25.3 Å². The standard InChI is InChI=1S/C19H19N5O2S/c1-13-2-4-14(5-3-13)18-17(15-8-20-12-21-9-15)10-22-19(24-18)23-16-6-7-27(25,26)11-16/h2-5,8-10,12,16H,6-7,11H2,1H3,(H,22,23,24)/t16-/m0/s1. The first-order valence-electron chi connectivity index (χ1n) is 8.67. The molecular formula is C19H19N5O2S. The fourth-order valence-corrected chi connectivity index (χ4v) is 4.80. The van der Waals surface area contributed by atoms with Crippen LogP contribution in [0.4, 0.5) is 5.95 Å². The first kappa shape index (κ1) is 17.5. The predicted molar refractivity (Wildman–Crippen MR) is 104 cm³/mol. The molecule has 0 aliphatic carbocycles. The van der Waals surface area contributed by atoms with E-state index in [1.165, 1.54) is 6.33 Å². The van der Waals surface area contributed by atoms with Gasteiger partial charge in [-0.2, -0.15) is 0 Å². The minimum absolute atomic E-state index is 0.116. The van der Waals surface area contributed by atoms with Crippen molar-refractivity contribution in [2.45, 2.75) is 19.4 Å². The Kier molecular flexibility index (Phi) is 4.57. The zero-order valence-corrected chi connectivity index (χ0v) is 15.6. The van der Waals surface area contributed by atoms with Crippen LogP contribution in [0.25, 0.3) is 22.4 Å². The summed E-state index contributed by atoms with van der Waals surface area (Å²) in [6.07, 6.45) is 7.22. The van der Waals surface area contributed by atoms with Crippen LogP contribution < -0.4 is 5.32 Å². The van der Waals surface area contributed by atoms with Gasteiger partial charge in [0.05, 0.1) is 17.2 Å². The maximum absolute atomic E-state index is 11.7. The molecule has 8 heteroatoms. The largest absolute Gasteiger partial charge is 0.350 e. The van der Waals surface area contributed by atoms with E-state index in [1.807, 2.05) is 31.2 Å². The van der Waals surface area contributed by atoms with Crippen LogP contribution in [-0.2, 0) is 9.84 Å². The molecule has 1 saturated heterocycles. The molecule has 0 radical (unpaired) electrons. The fraction of sp³-hybridized carbons (Fsp3) is 0.263. The minimum Gasteiger partial charge on any atom is -0.350 e. The number of nitrogens with zero attached hydrogens (tertiary/aromatic N) is 4. The Labute approximate surface area is 157 Å². The molecule has 7 nitrogen and oxygen atoms in total. The van der Waals surface area contributed by atoms with E-state index in [4.69, 9.17) is 0 Å². The Bertz CT molecular complexity index is 1050. The molecule has 1 aliphatic heterocycles. The number of benzene rings is 1. The van der Waals surface area contributed by atoms with Crippen molar-refractivity contribution in [1.29, 1.82) is 0 Å². The minimum atomic E-state index is -2.97. The lowest BCUT2D eigenvalue weighted by Gasteiger charge is -2.14.